The van der Waals surface area contributed by atoms with Gasteiger partial charge in [0.2, 0.25) is 0 Å². The van der Waals surface area contributed by atoms with E-state index in [-0.39, 0.29) is 16.0 Å². The van der Waals surface area contributed by atoms with Crippen molar-refractivity contribution in [3.63, 3.8) is 0 Å². The third-order valence-corrected chi connectivity index (χ3v) is 4.83. The number of nitro benzene ring substituents is 1. The topological polar surface area (TPSA) is 64.4 Å². The molecule has 3 rings (SSSR count). The van der Waals surface area contributed by atoms with Crippen LogP contribution >= 0.6 is 0 Å². The smallest absolute Gasteiger partial charge is 0.274 e. The molecule has 0 radical (unpaired) electrons. The number of nitrogens with zero attached hydrogens (tertiary/aromatic N) is 1. The molecule has 0 spiro atoms. The van der Waals surface area contributed by atoms with Crippen LogP contribution < -0.4 is 5.32 Å². The maximum absolute atomic E-state index is 11.0. The zero-order valence-corrected chi connectivity index (χ0v) is 12.1. The van der Waals surface area contributed by atoms with E-state index in [1.807, 2.05) is 6.07 Å². The summed E-state index contributed by atoms with van der Waals surface area (Å²) < 4.78 is 5.77. The molecule has 0 amide bonds. The van der Waals surface area contributed by atoms with Gasteiger partial charge in [0.15, 0.2) is 0 Å². The van der Waals surface area contributed by atoms with Gasteiger partial charge >= 0.3 is 0 Å². The third kappa shape index (κ3) is 1.88. The van der Waals surface area contributed by atoms with Crippen LogP contribution in [0.15, 0.2) is 18.2 Å². The second kappa shape index (κ2) is 4.45. The zero-order chi connectivity index (χ0) is 14.5. The number of ether oxygens (including phenoxy) is 1. The first-order chi connectivity index (χ1) is 9.41. The van der Waals surface area contributed by atoms with E-state index in [1.165, 1.54) is 0 Å². The molecule has 1 saturated carbocycles. The van der Waals surface area contributed by atoms with Crippen molar-refractivity contribution >= 4 is 11.4 Å². The van der Waals surface area contributed by atoms with Crippen molar-refractivity contribution in [3.05, 3.63) is 33.9 Å². The van der Waals surface area contributed by atoms with Crippen molar-refractivity contribution in [2.75, 3.05) is 11.9 Å². The van der Waals surface area contributed by atoms with Gasteiger partial charge in [0.25, 0.3) is 5.69 Å². The lowest BCUT2D eigenvalue weighted by Gasteiger charge is -2.55. The molecule has 1 saturated heterocycles. The molecule has 5 heteroatoms. The number of hydrogen-bond donors (Lipinski definition) is 1. The fraction of sp³-hybridized carbons (Fsp3) is 0.600. The van der Waals surface area contributed by atoms with E-state index in [0.29, 0.717) is 23.6 Å². The molecule has 3 atom stereocenters. The van der Waals surface area contributed by atoms with Crippen LogP contribution in [0.5, 0.6) is 0 Å². The Bertz CT molecular complexity index is 556. The Labute approximate surface area is 118 Å². The van der Waals surface area contributed by atoms with E-state index in [9.17, 15) is 10.1 Å². The zero-order valence-electron chi connectivity index (χ0n) is 12.1. The van der Waals surface area contributed by atoms with E-state index in [4.69, 9.17) is 4.74 Å². The molecule has 1 heterocycles. The SMILES string of the molecule is Cc1ccc(NC2C3CCOC3C2(C)C)cc1[N+](=O)[O-]. The molecule has 5 nitrogen and oxygen atoms in total. The van der Waals surface area contributed by atoms with E-state index in [2.05, 4.69) is 19.2 Å². The molecule has 1 aliphatic heterocycles. The lowest BCUT2D eigenvalue weighted by molar-refractivity contribution is -0.385. The van der Waals surface area contributed by atoms with Gasteiger partial charge in [0, 0.05) is 41.3 Å². The normalized spacial score (nSPS) is 30.4. The molecule has 20 heavy (non-hydrogen) atoms. The Hall–Kier alpha value is -1.62. The summed E-state index contributed by atoms with van der Waals surface area (Å²) >= 11 is 0. The first-order valence-electron chi connectivity index (χ1n) is 7.04. The summed E-state index contributed by atoms with van der Waals surface area (Å²) in [7, 11) is 0. The highest BCUT2D eigenvalue weighted by Crippen LogP contribution is 2.53. The van der Waals surface area contributed by atoms with Crippen LogP contribution in [-0.4, -0.2) is 23.7 Å². The molecular formula is C15H20N2O3. The van der Waals surface area contributed by atoms with Crippen LogP contribution in [-0.2, 0) is 4.74 Å². The average Bonchev–Trinajstić information content (AvgIpc) is 2.84. The summed E-state index contributed by atoms with van der Waals surface area (Å²) in [4.78, 5) is 10.7. The monoisotopic (exact) mass is 276 g/mol. The van der Waals surface area contributed by atoms with Gasteiger partial charge in [0.1, 0.15) is 0 Å². The second-order valence-electron chi connectivity index (χ2n) is 6.45. The molecule has 108 valence electrons. The third-order valence-electron chi connectivity index (χ3n) is 4.83. The highest BCUT2D eigenvalue weighted by Gasteiger charge is 2.59. The Balaban J connectivity index is 1.82. The van der Waals surface area contributed by atoms with Crippen molar-refractivity contribution in [3.8, 4) is 0 Å². The van der Waals surface area contributed by atoms with Crippen LogP contribution in [0.3, 0.4) is 0 Å². The highest BCUT2D eigenvalue weighted by molar-refractivity contribution is 5.56. The van der Waals surface area contributed by atoms with Gasteiger partial charge in [-0.25, -0.2) is 0 Å². The van der Waals surface area contributed by atoms with Crippen LogP contribution in [0.25, 0.3) is 0 Å². The molecule has 2 aliphatic rings. The van der Waals surface area contributed by atoms with Gasteiger partial charge in [-0.3, -0.25) is 10.1 Å². The van der Waals surface area contributed by atoms with Gasteiger partial charge in [-0.05, 0) is 19.4 Å². The minimum Gasteiger partial charge on any atom is -0.381 e. The maximum Gasteiger partial charge on any atom is 0.274 e. The number of rotatable bonds is 3. The lowest BCUT2D eigenvalue weighted by atomic mass is 9.57. The number of hydrogen-bond acceptors (Lipinski definition) is 4. The maximum atomic E-state index is 11.0. The molecular weight excluding hydrogens is 256 g/mol. The fourth-order valence-electron chi connectivity index (χ4n) is 3.69. The lowest BCUT2D eigenvalue weighted by Crippen LogP contribution is -2.63. The van der Waals surface area contributed by atoms with Gasteiger partial charge in [-0.15, -0.1) is 0 Å². The van der Waals surface area contributed by atoms with Crippen LogP contribution in [0, 0.1) is 28.4 Å². The number of aryl methyl sites for hydroxylation is 1. The van der Waals surface area contributed by atoms with Crippen LogP contribution in [0.4, 0.5) is 11.4 Å². The Kier molecular flexibility index (Phi) is 2.97. The Morgan fingerprint density at radius 3 is 2.90 bits per heavy atom. The molecule has 1 aromatic rings. The van der Waals surface area contributed by atoms with Crippen molar-refractivity contribution in [2.24, 2.45) is 11.3 Å². The number of nitrogens with one attached hydrogen (secondary N) is 1. The molecule has 1 aliphatic carbocycles. The number of anilines is 1. The number of fused-ring (bicyclic) bond motifs is 1. The number of benzene rings is 1. The van der Waals surface area contributed by atoms with Gasteiger partial charge in [-0.2, -0.15) is 0 Å². The minimum atomic E-state index is -0.325. The van der Waals surface area contributed by atoms with E-state index >= 15 is 0 Å². The summed E-state index contributed by atoms with van der Waals surface area (Å²) in [5.74, 6) is 0.519. The summed E-state index contributed by atoms with van der Waals surface area (Å²) in [6, 6.07) is 5.67. The Morgan fingerprint density at radius 2 is 2.20 bits per heavy atom. The predicted molar refractivity (Wildman–Crippen MR) is 76.9 cm³/mol. The van der Waals surface area contributed by atoms with E-state index < -0.39 is 0 Å². The van der Waals surface area contributed by atoms with Crippen LogP contribution in [0.2, 0.25) is 0 Å². The first kappa shape index (κ1) is 13.4. The summed E-state index contributed by atoms with van der Waals surface area (Å²) in [6.07, 6.45) is 1.39. The predicted octanol–water partition coefficient (Wildman–Crippen LogP) is 3.13. The summed E-state index contributed by atoms with van der Waals surface area (Å²) in [5, 5.41) is 14.5. The highest BCUT2D eigenvalue weighted by atomic mass is 16.6. The van der Waals surface area contributed by atoms with E-state index in [1.54, 1.807) is 19.1 Å². The average molecular weight is 276 g/mol. The molecule has 2 fully saturated rings. The van der Waals surface area contributed by atoms with Crippen LogP contribution in [0.1, 0.15) is 25.8 Å². The largest absolute Gasteiger partial charge is 0.381 e. The van der Waals surface area contributed by atoms with Crippen molar-refractivity contribution < 1.29 is 9.66 Å². The molecule has 0 aromatic heterocycles. The summed E-state index contributed by atoms with van der Waals surface area (Å²) in [6.45, 7) is 6.97. The Morgan fingerprint density at radius 1 is 1.45 bits per heavy atom. The first-order valence-corrected chi connectivity index (χ1v) is 7.04. The standard InChI is InChI=1S/C15H20N2O3/c1-9-4-5-10(8-12(9)17(18)19)16-13-11-6-7-20-14(11)15(13,2)3/h4-5,8,11,13-14,16H,6-7H2,1-3H3. The van der Waals surface area contributed by atoms with Crippen molar-refractivity contribution in [2.45, 2.75) is 39.3 Å². The van der Waals surface area contributed by atoms with Crippen molar-refractivity contribution in [1.82, 2.24) is 0 Å². The molecule has 0 bridgehead atoms. The van der Waals surface area contributed by atoms with Gasteiger partial charge in [-0.1, -0.05) is 19.9 Å². The molecule has 1 N–H and O–H groups in total. The second-order valence-corrected chi connectivity index (χ2v) is 6.45. The molecule has 1 aromatic carbocycles. The van der Waals surface area contributed by atoms with Crippen molar-refractivity contribution in [1.29, 1.82) is 0 Å². The van der Waals surface area contributed by atoms with E-state index in [0.717, 1.165) is 18.7 Å². The van der Waals surface area contributed by atoms with Gasteiger partial charge in [0.05, 0.1) is 11.0 Å². The fourth-order valence-corrected chi connectivity index (χ4v) is 3.69. The summed E-state index contributed by atoms with van der Waals surface area (Å²) in [5.41, 5.74) is 1.76. The minimum absolute atomic E-state index is 0.0703. The quantitative estimate of drug-likeness (QED) is 0.680. The van der Waals surface area contributed by atoms with Gasteiger partial charge < -0.3 is 10.1 Å². The molecule has 3 unspecified atom stereocenters. The number of nitro groups is 1.